The van der Waals surface area contributed by atoms with Gasteiger partial charge >= 0.3 is 0 Å². The average molecular weight is 252 g/mol. The van der Waals surface area contributed by atoms with Crippen LogP contribution in [-0.2, 0) is 0 Å². The molecule has 4 N–H and O–H groups in total. The Morgan fingerprint density at radius 2 is 2.17 bits per heavy atom. The first kappa shape index (κ1) is 12.0. The number of H-pyrrole nitrogens is 1. The van der Waals surface area contributed by atoms with E-state index in [9.17, 15) is 13.6 Å². The van der Waals surface area contributed by atoms with E-state index in [0.29, 0.717) is 5.69 Å². The van der Waals surface area contributed by atoms with Crippen LogP contribution in [0.2, 0.25) is 0 Å². The zero-order chi connectivity index (χ0) is 13.3. The zero-order valence-electron chi connectivity index (χ0n) is 9.42. The van der Waals surface area contributed by atoms with Crippen molar-refractivity contribution in [1.82, 2.24) is 10.2 Å². The van der Waals surface area contributed by atoms with Crippen LogP contribution in [0.3, 0.4) is 0 Å². The average Bonchev–Trinajstić information content (AvgIpc) is 2.65. The molecule has 0 bridgehead atoms. The van der Waals surface area contributed by atoms with Crippen molar-refractivity contribution in [2.75, 3.05) is 11.1 Å². The number of carbonyl (C=O) groups excluding carboxylic acids is 1. The number of carbonyl (C=O) groups is 1. The second-order valence-electron chi connectivity index (χ2n) is 3.66. The number of nitrogen functional groups attached to an aromatic ring is 1. The summed E-state index contributed by atoms with van der Waals surface area (Å²) in [5.41, 5.74) is 5.80. The minimum Gasteiger partial charge on any atom is -0.382 e. The summed E-state index contributed by atoms with van der Waals surface area (Å²) in [7, 11) is 0. The Bertz CT molecular complexity index is 590. The fourth-order valence-electron chi connectivity index (χ4n) is 1.52. The van der Waals surface area contributed by atoms with Crippen molar-refractivity contribution in [1.29, 1.82) is 0 Å². The van der Waals surface area contributed by atoms with E-state index in [1.807, 2.05) is 0 Å². The van der Waals surface area contributed by atoms with Crippen molar-refractivity contribution in [3.63, 3.8) is 0 Å². The molecule has 0 aliphatic heterocycles. The van der Waals surface area contributed by atoms with E-state index < -0.39 is 17.5 Å². The van der Waals surface area contributed by atoms with Gasteiger partial charge in [-0.05, 0) is 19.1 Å². The molecule has 7 heteroatoms. The predicted molar refractivity (Wildman–Crippen MR) is 62.0 cm³/mol. The van der Waals surface area contributed by atoms with Crippen LogP contribution in [0.5, 0.6) is 0 Å². The number of nitrogens with zero attached hydrogens (tertiary/aromatic N) is 1. The standard InChI is InChI=1S/C11H10F2N4O/c1-5-8(10(14)17-16-5)11(18)15-7-4-2-3-6(12)9(7)13/h2-4H,1H3,(H,15,18)(H3,14,16,17). The van der Waals surface area contributed by atoms with Gasteiger partial charge in [-0.25, -0.2) is 8.78 Å². The number of anilines is 2. The van der Waals surface area contributed by atoms with Gasteiger partial charge in [0.2, 0.25) is 0 Å². The number of aromatic amines is 1. The first-order valence-corrected chi connectivity index (χ1v) is 5.06. The van der Waals surface area contributed by atoms with Gasteiger partial charge in [0, 0.05) is 5.69 Å². The Morgan fingerprint density at radius 3 is 2.78 bits per heavy atom. The number of nitrogens with two attached hydrogens (primary N) is 1. The molecule has 1 heterocycles. The second kappa shape index (κ2) is 4.44. The molecule has 0 aliphatic carbocycles. The Morgan fingerprint density at radius 1 is 1.44 bits per heavy atom. The Hall–Kier alpha value is -2.44. The molecule has 18 heavy (non-hydrogen) atoms. The third-order valence-electron chi connectivity index (χ3n) is 2.40. The van der Waals surface area contributed by atoms with Crippen molar-refractivity contribution < 1.29 is 13.6 Å². The zero-order valence-corrected chi connectivity index (χ0v) is 9.42. The summed E-state index contributed by atoms with van der Waals surface area (Å²) < 4.78 is 26.3. The molecule has 2 rings (SSSR count). The molecular weight excluding hydrogens is 242 g/mol. The fraction of sp³-hybridized carbons (Fsp3) is 0.0909. The van der Waals surface area contributed by atoms with Crippen molar-refractivity contribution in [2.45, 2.75) is 6.92 Å². The van der Waals surface area contributed by atoms with Crippen LogP contribution in [0.1, 0.15) is 16.1 Å². The van der Waals surface area contributed by atoms with E-state index in [1.165, 1.54) is 12.1 Å². The Kier molecular flexibility index (Phi) is 2.97. The molecule has 0 fully saturated rings. The van der Waals surface area contributed by atoms with Crippen LogP contribution >= 0.6 is 0 Å². The predicted octanol–water partition coefficient (Wildman–Crippen LogP) is 1.83. The van der Waals surface area contributed by atoms with E-state index in [2.05, 4.69) is 15.5 Å². The summed E-state index contributed by atoms with van der Waals surface area (Å²) in [6.45, 7) is 1.60. The normalized spacial score (nSPS) is 10.4. The lowest BCUT2D eigenvalue weighted by Crippen LogP contribution is -2.15. The minimum atomic E-state index is -1.12. The molecule has 0 saturated carbocycles. The van der Waals surface area contributed by atoms with Crippen molar-refractivity contribution in [2.24, 2.45) is 0 Å². The summed E-state index contributed by atoms with van der Waals surface area (Å²) in [4.78, 5) is 11.8. The lowest BCUT2D eigenvalue weighted by Gasteiger charge is -2.06. The highest BCUT2D eigenvalue weighted by molar-refractivity contribution is 6.08. The SMILES string of the molecule is Cc1[nH]nc(N)c1C(=O)Nc1cccc(F)c1F. The monoisotopic (exact) mass is 252 g/mol. The number of amides is 1. The maximum atomic E-state index is 13.4. The highest BCUT2D eigenvalue weighted by Crippen LogP contribution is 2.19. The van der Waals surface area contributed by atoms with Gasteiger partial charge in [0.05, 0.1) is 5.69 Å². The van der Waals surface area contributed by atoms with Crippen LogP contribution < -0.4 is 11.1 Å². The van der Waals surface area contributed by atoms with Crippen LogP contribution in [0, 0.1) is 18.6 Å². The second-order valence-corrected chi connectivity index (χ2v) is 3.66. The lowest BCUT2D eigenvalue weighted by molar-refractivity contribution is 0.102. The molecule has 0 saturated heterocycles. The van der Waals surface area contributed by atoms with Gasteiger partial charge in [0.25, 0.3) is 5.91 Å². The number of hydrogen-bond acceptors (Lipinski definition) is 3. The van der Waals surface area contributed by atoms with E-state index >= 15 is 0 Å². The minimum absolute atomic E-state index is 0.00168. The number of aryl methyl sites for hydroxylation is 1. The number of aromatic nitrogens is 2. The van der Waals surface area contributed by atoms with Gasteiger partial charge in [0.1, 0.15) is 5.56 Å². The first-order chi connectivity index (χ1) is 8.50. The number of rotatable bonds is 2. The van der Waals surface area contributed by atoms with Crippen molar-refractivity contribution in [3.05, 3.63) is 41.1 Å². The highest BCUT2D eigenvalue weighted by atomic mass is 19.2. The first-order valence-electron chi connectivity index (χ1n) is 5.06. The third-order valence-corrected chi connectivity index (χ3v) is 2.40. The van der Waals surface area contributed by atoms with Gasteiger partial charge in [-0.1, -0.05) is 6.07 Å². The third kappa shape index (κ3) is 2.02. The van der Waals surface area contributed by atoms with E-state index in [-0.39, 0.29) is 17.1 Å². The van der Waals surface area contributed by atoms with Gasteiger partial charge in [-0.15, -0.1) is 0 Å². The molecule has 1 aromatic carbocycles. The Balaban J connectivity index is 2.30. The molecule has 0 radical (unpaired) electrons. The molecule has 1 aromatic heterocycles. The molecule has 5 nitrogen and oxygen atoms in total. The van der Waals surface area contributed by atoms with Crippen molar-refractivity contribution in [3.8, 4) is 0 Å². The van der Waals surface area contributed by atoms with Crippen molar-refractivity contribution >= 4 is 17.4 Å². The molecule has 2 aromatic rings. The maximum Gasteiger partial charge on any atom is 0.261 e. The lowest BCUT2D eigenvalue weighted by atomic mass is 10.2. The summed E-state index contributed by atoms with van der Waals surface area (Å²) in [5.74, 6) is -2.81. The molecule has 0 atom stereocenters. The molecule has 0 spiro atoms. The molecule has 0 aliphatic rings. The van der Waals surface area contributed by atoms with Crippen LogP contribution in [0.15, 0.2) is 18.2 Å². The fourth-order valence-corrected chi connectivity index (χ4v) is 1.52. The van der Waals surface area contributed by atoms with Gasteiger partial charge in [-0.3, -0.25) is 9.89 Å². The summed E-state index contributed by atoms with van der Waals surface area (Å²) in [6, 6.07) is 3.50. The van der Waals surface area contributed by atoms with Gasteiger partial charge in [0.15, 0.2) is 17.5 Å². The topological polar surface area (TPSA) is 83.8 Å². The van der Waals surface area contributed by atoms with E-state index in [1.54, 1.807) is 6.92 Å². The quantitative estimate of drug-likeness (QED) is 0.762. The summed E-state index contributed by atoms with van der Waals surface area (Å²) in [6.07, 6.45) is 0. The Labute approximate surface area is 101 Å². The van der Waals surface area contributed by atoms with E-state index in [4.69, 9.17) is 5.73 Å². The number of nitrogens with one attached hydrogen (secondary N) is 2. The number of benzene rings is 1. The molecular formula is C11H10F2N4O. The molecule has 1 amide bonds. The van der Waals surface area contributed by atoms with Gasteiger partial charge < -0.3 is 11.1 Å². The maximum absolute atomic E-state index is 13.4. The van der Waals surface area contributed by atoms with Crippen LogP contribution in [0.25, 0.3) is 0 Å². The number of halogens is 2. The van der Waals surface area contributed by atoms with Crippen LogP contribution in [0.4, 0.5) is 20.3 Å². The largest absolute Gasteiger partial charge is 0.382 e. The van der Waals surface area contributed by atoms with Gasteiger partial charge in [-0.2, -0.15) is 5.10 Å². The molecule has 94 valence electrons. The summed E-state index contributed by atoms with van der Waals surface area (Å²) in [5, 5.41) is 8.41. The molecule has 0 unspecified atom stereocenters. The highest BCUT2D eigenvalue weighted by Gasteiger charge is 2.18. The summed E-state index contributed by atoms with van der Waals surface area (Å²) >= 11 is 0. The van der Waals surface area contributed by atoms with Crippen LogP contribution in [-0.4, -0.2) is 16.1 Å². The number of hydrogen-bond donors (Lipinski definition) is 3. The van der Waals surface area contributed by atoms with E-state index in [0.717, 1.165) is 6.07 Å². The smallest absolute Gasteiger partial charge is 0.261 e.